The molecule has 0 bridgehead atoms. The zero-order chi connectivity index (χ0) is 15.9. The van der Waals surface area contributed by atoms with Crippen molar-refractivity contribution in [3.63, 3.8) is 0 Å². The highest BCUT2D eigenvalue weighted by molar-refractivity contribution is 6.04. The topological polar surface area (TPSA) is 58.6 Å². The Kier molecular flexibility index (Phi) is 6.10. The Balaban J connectivity index is 1.85. The largest absolute Gasteiger partial charge is 0.377 e. The molecule has 1 fully saturated rings. The molecule has 0 aliphatic carbocycles. The number of likely N-dealkylation sites (N-methyl/N-ethyl adjacent to an activating group) is 1. The second-order valence-electron chi connectivity index (χ2n) is 5.84. The standard InChI is InChI=1S/C17H24N2O3/c1-13(20)15-8-3-4-9-16(15)18-17(21)12-19(2)11-14-7-5-6-10-22-14/h3-4,8-9,14H,5-7,10-12H2,1-2H3,(H,18,21). The molecule has 1 aromatic rings. The fourth-order valence-electron chi connectivity index (χ4n) is 2.70. The molecule has 5 nitrogen and oxygen atoms in total. The molecule has 0 radical (unpaired) electrons. The minimum atomic E-state index is -0.119. The third-order valence-electron chi connectivity index (χ3n) is 3.78. The third kappa shape index (κ3) is 4.93. The van der Waals surface area contributed by atoms with E-state index in [1.54, 1.807) is 18.2 Å². The number of nitrogens with one attached hydrogen (secondary N) is 1. The van der Waals surface area contributed by atoms with Crippen molar-refractivity contribution in [2.24, 2.45) is 0 Å². The summed E-state index contributed by atoms with van der Waals surface area (Å²) in [5.74, 6) is -0.174. The van der Waals surface area contributed by atoms with Gasteiger partial charge in [-0.05, 0) is 45.4 Å². The zero-order valence-electron chi connectivity index (χ0n) is 13.3. The van der Waals surface area contributed by atoms with E-state index in [-0.39, 0.29) is 24.3 Å². The predicted molar refractivity (Wildman–Crippen MR) is 86.2 cm³/mol. The average Bonchev–Trinajstić information content (AvgIpc) is 2.48. The molecule has 1 saturated heterocycles. The zero-order valence-corrected chi connectivity index (χ0v) is 13.3. The van der Waals surface area contributed by atoms with Gasteiger partial charge in [-0.25, -0.2) is 0 Å². The fourth-order valence-corrected chi connectivity index (χ4v) is 2.70. The highest BCUT2D eigenvalue weighted by Crippen LogP contribution is 2.16. The molecule has 1 amide bonds. The first kappa shape index (κ1) is 16.6. The van der Waals surface area contributed by atoms with Gasteiger partial charge < -0.3 is 10.1 Å². The van der Waals surface area contributed by atoms with Crippen LogP contribution in [0.5, 0.6) is 0 Å². The van der Waals surface area contributed by atoms with Gasteiger partial charge in [0.2, 0.25) is 5.91 Å². The number of hydrogen-bond donors (Lipinski definition) is 1. The number of ether oxygens (including phenoxy) is 1. The molecule has 0 aromatic heterocycles. The first-order valence-corrected chi connectivity index (χ1v) is 7.76. The molecule has 2 rings (SSSR count). The summed E-state index contributed by atoms with van der Waals surface area (Å²) >= 11 is 0. The number of hydrogen-bond acceptors (Lipinski definition) is 4. The lowest BCUT2D eigenvalue weighted by Gasteiger charge is -2.27. The van der Waals surface area contributed by atoms with E-state index in [0.29, 0.717) is 11.3 Å². The van der Waals surface area contributed by atoms with E-state index < -0.39 is 0 Å². The Morgan fingerprint density at radius 3 is 2.77 bits per heavy atom. The first-order chi connectivity index (χ1) is 10.6. The SMILES string of the molecule is CC(=O)c1ccccc1NC(=O)CN(C)CC1CCCCO1. The van der Waals surface area contributed by atoms with Crippen LogP contribution < -0.4 is 5.32 Å². The monoisotopic (exact) mass is 304 g/mol. The Labute approximate surface area is 131 Å². The number of rotatable bonds is 6. The summed E-state index contributed by atoms with van der Waals surface area (Å²) in [6.07, 6.45) is 3.59. The van der Waals surface area contributed by atoms with Crippen LogP contribution in [0.15, 0.2) is 24.3 Å². The molecule has 1 aliphatic heterocycles. The van der Waals surface area contributed by atoms with Gasteiger partial charge in [0.05, 0.1) is 18.3 Å². The van der Waals surface area contributed by atoms with Gasteiger partial charge in [-0.2, -0.15) is 0 Å². The van der Waals surface area contributed by atoms with Crippen LogP contribution in [-0.2, 0) is 9.53 Å². The lowest BCUT2D eigenvalue weighted by molar-refractivity contribution is -0.117. The van der Waals surface area contributed by atoms with E-state index in [9.17, 15) is 9.59 Å². The maximum Gasteiger partial charge on any atom is 0.238 e. The summed E-state index contributed by atoms with van der Waals surface area (Å²) in [7, 11) is 1.91. The van der Waals surface area contributed by atoms with Crippen LogP contribution in [0.3, 0.4) is 0 Å². The predicted octanol–water partition coefficient (Wildman–Crippen LogP) is 2.33. The van der Waals surface area contributed by atoms with Gasteiger partial charge in [-0.1, -0.05) is 12.1 Å². The first-order valence-electron chi connectivity index (χ1n) is 7.76. The maximum atomic E-state index is 12.1. The summed E-state index contributed by atoms with van der Waals surface area (Å²) < 4.78 is 5.68. The summed E-state index contributed by atoms with van der Waals surface area (Å²) in [6.45, 7) is 3.35. The molecule has 1 aliphatic rings. The van der Waals surface area contributed by atoms with Crippen LogP contribution in [0.1, 0.15) is 36.5 Å². The third-order valence-corrected chi connectivity index (χ3v) is 3.78. The van der Waals surface area contributed by atoms with Crippen molar-refractivity contribution in [2.45, 2.75) is 32.3 Å². The smallest absolute Gasteiger partial charge is 0.238 e. The van der Waals surface area contributed by atoms with Crippen molar-refractivity contribution >= 4 is 17.4 Å². The number of benzene rings is 1. The fraction of sp³-hybridized carbons (Fsp3) is 0.529. The van der Waals surface area contributed by atoms with E-state index in [4.69, 9.17) is 4.74 Å². The van der Waals surface area contributed by atoms with Crippen LogP contribution in [-0.4, -0.2) is 49.4 Å². The minimum Gasteiger partial charge on any atom is -0.377 e. The minimum absolute atomic E-state index is 0.0557. The van der Waals surface area contributed by atoms with Crippen molar-refractivity contribution in [2.75, 3.05) is 32.1 Å². The summed E-state index contributed by atoms with van der Waals surface area (Å²) in [5, 5.41) is 2.82. The lowest BCUT2D eigenvalue weighted by atomic mass is 10.1. The van der Waals surface area contributed by atoms with E-state index >= 15 is 0 Å². The Bertz CT molecular complexity index is 524. The molecule has 1 heterocycles. The van der Waals surface area contributed by atoms with Crippen LogP contribution >= 0.6 is 0 Å². The molecular weight excluding hydrogens is 280 g/mol. The normalized spacial score (nSPS) is 18.2. The maximum absolute atomic E-state index is 12.1. The van der Waals surface area contributed by atoms with Crippen molar-refractivity contribution in [3.05, 3.63) is 29.8 Å². The van der Waals surface area contributed by atoms with Gasteiger partial charge in [0, 0.05) is 18.7 Å². The highest BCUT2D eigenvalue weighted by Gasteiger charge is 2.17. The van der Waals surface area contributed by atoms with E-state index in [0.717, 1.165) is 26.0 Å². The highest BCUT2D eigenvalue weighted by atomic mass is 16.5. The Hall–Kier alpha value is -1.72. The number of amides is 1. The molecule has 1 atom stereocenters. The number of anilines is 1. The molecule has 1 unspecified atom stereocenters. The molecule has 5 heteroatoms. The van der Waals surface area contributed by atoms with Crippen molar-refractivity contribution in [3.8, 4) is 0 Å². The van der Waals surface area contributed by atoms with Gasteiger partial charge in [0.25, 0.3) is 0 Å². The lowest BCUT2D eigenvalue weighted by Crippen LogP contribution is -2.38. The van der Waals surface area contributed by atoms with Crippen molar-refractivity contribution in [1.29, 1.82) is 0 Å². The number of carbonyl (C=O) groups is 2. The summed E-state index contributed by atoms with van der Waals surface area (Å²) in [4.78, 5) is 25.6. The molecule has 1 N–H and O–H groups in total. The van der Waals surface area contributed by atoms with Gasteiger partial charge in [-0.3, -0.25) is 14.5 Å². The van der Waals surface area contributed by atoms with Crippen LogP contribution in [0.25, 0.3) is 0 Å². The molecule has 120 valence electrons. The number of ketones is 1. The van der Waals surface area contributed by atoms with E-state index in [1.165, 1.54) is 13.3 Å². The second-order valence-corrected chi connectivity index (χ2v) is 5.84. The van der Waals surface area contributed by atoms with Gasteiger partial charge >= 0.3 is 0 Å². The van der Waals surface area contributed by atoms with E-state index in [2.05, 4.69) is 5.32 Å². The second kappa shape index (κ2) is 8.06. The summed E-state index contributed by atoms with van der Waals surface area (Å²) in [6, 6.07) is 7.07. The number of Topliss-reactive ketones (excluding diaryl/α,β-unsaturated/α-hetero) is 1. The molecular formula is C17H24N2O3. The number of para-hydroxylation sites is 1. The molecule has 1 aromatic carbocycles. The van der Waals surface area contributed by atoms with Crippen molar-refractivity contribution < 1.29 is 14.3 Å². The van der Waals surface area contributed by atoms with Gasteiger partial charge in [0.1, 0.15) is 0 Å². The quantitative estimate of drug-likeness (QED) is 0.820. The van der Waals surface area contributed by atoms with Crippen LogP contribution in [0.2, 0.25) is 0 Å². The molecule has 22 heavy (non-hydrogen) atoms. The van der Waals surface area contributed by atoms with Crippen LogP contribution in [0, 0.1) is 0 Å². The van der Waals surface area contributed by atoms with Gasteiger partial charge in [0.15, 0.2) is 5.78 Å². The number of carbonyl (C=O) groups excluding carboxylic acids is 2. The Morgan fingerprint density at radius 2 is 2.09 bits per heavy atom. The average molecular weight is 304 g/mol. The summed E-state index contributed by atoms with van der Waals surface area (Å²) in [5.41, 5.74) is 1.11. The van der Waals surface area contributed by atoms with Crippen molar-refractivity contribution in [1.82, 2.24) is 4.90 Å². The van der Waals surface area contributed by atoms with Crippen LogP contribution in [0.4, 0.5) is 5.69 Å². The number of nitrogens with zero attached hydrogens (tertiary/aromatic N) is 1. The Morgan fingerprint density at radius 1 is 1.32 bits per heavy atom. The molecule has 0 spiro atoms. The molecule has 0 saturated carbocycles. The van der Waals surface area contributed by atoms with Gasteiger partial charge in [-0.15, -0.1) is 0 Å². The van der Waals surface area contributed by atoms with E-state index in [1.807, 2.05) is 18.0 Å².